The van der Waals surface area contributed by atoms with Gasteiger partial charge in [-0.3, -0.25) is 0 Å². The molecule has 1 fully saturated rings. The second-order valence-corrected chi connectivity index (χ2v) is 2.92. The van der Waals surface area contributed by atoms with Crippen LogP contribution in [-0.2, 0) is 4.74 Å². The first-order chi connectivity index (χ1) is 6.34. The largest absolute Gasteiger partial charge is 0.448 e. The zero-order valence-corrected chi connectivity index (χ0v) is 7.66. The van der Waals surface area contributed by atoms with E-state index < -0.39 is 0 Å². The molecule has 0 spiro atoms. The SMILES string of the molecule is C#CCCOC(=O)N1CC[CH]CC1. The Morgan fingerprint density at radius 3 is 2.85 bits per heavy atom. The minimum absolute atomic E-state index is 0.233. The van der Waals surface area contributed by atoms with Gasteiger partial charge in [0.25, 0.3) is 0 Å². The zero-order chi connectivity index (χ0) is 9.52. The van der Waals surface area contributed by atoms with Crippen LogP contribution in [0.4, 0.5) is 4.79 Å². The van der Waals surface area contributed by atoms with Gasteiger partial charge in [0.15, 0.2) is 0 Å². The molecule has 1 aliphatic rings. The number of ether oxygens (including phenoxy) is 1. The standard InChI is InChI=1S/C10H14NO2/c1-2-3-9-13-10(12)11-7-5-4-6-8-11/h1,4H,3,5-9H2. The van der Waals surface area contributed by atoms with E-state index in [1.54, 1.807) is 4.90 Å². The Kier molecular flexibility index (Phi) is 4.17. The van der Waals surface area contributed by atoms with Gasteiger partial charge in [-0.2, -0.15) is 0 Å². The van der Waals surface area contributed by atoms with Gasteiger partial charge in [0.1, 0.15) is 6.61 Å². The lowest BCUT2D eigenvalue weighted by Crippen LogP contribution is -2.36. The predicted molar refractivity (Wildman–Crippen MR) is 49.9 cm³/mol. The van der Waals surface area contributed by atoms with Crippen molar-refractivity contribution in [3.05, 3.63) is 6.42 Å². The molecule has 1 heterocycles. The molecule has 0 aromatic rings. The normalized spacial score (nSPS) is 16.4. The summed E-state index contributed by atoms with van der Waals surface area (Å²) < 4.78 is 4.95. The maximum absolute atomic E-state index is 11.3. The highest BCUT2D eigenvalue weighted by atomic mass is 16.6. The van der Waals surface area contributed by atoms with Gasteiger partial charge in [-0.15, -0.1) is 12.3 Å². The van der Waals surface area contributed by atoms with Crippen LogP contribution < -0.4 is 0 Å². The second kappa shape index (κ2) is 5.47. The van der Waals surface area contributed by atoms with Gasteiger partial charge in [0.2, 0.25) is 0 Å². The third kappa shape index (κ3) is 3.37. The number of nitrogens with zero attached hydrogens (tertiary/aromatic N) is 1. The number of piperidine rings is 1. The molecule has 0 saturated carbocycles. The van der Waals surface area contributed by atoms with Gasteiger partial charge in [-0.05, 0) is 19.3 Å². The van der Waals surface area contributed by atoms with E-state index in [0.717, 1.165) is 25.9 Å². The van der Waals surface area contributed by atoms with E-state index in [2.05, 4.69) is 12.3 Å². The van der Waals surface area contributed by atoms with E-state index in [-0.39, 0.29) is 6.09 Å². The third-order valence-electron chi connectivity index (χ3n) is 1.94. The summed E-state index contributed by atoms with van der Waals surface area (Å²) in [6, 6.07) is 0. The second-order valence-electron chi connectivity index (χ2n) is 2.92. The van der Waals surface area contributed by atoms with Crippen LogP contribution in [0.5, 0.6) is 0 Å². The lowest BCUT2D eigenvalue weighted by atomic mass is 10.1. The van der Waals surface area contributed by atoms with E-state index in [4.69, 9.17) is 11.2 Å². The van der Waals surface area contributed by atoms with Crippen LogP contribution >= 0.6 is 0 Å². The average molecular weight is 180 g/mol. The maximum atomic E-state index is 11.3. The van der Waals surface area contributed by atoms with Crippen LogP contribution in [0.2, 0.25) is 0 Å². The molecule has 3 nitrogen and oxygen atoms in total. The maximum Gasteiger partial charge on any atom is 0.409 e. The molecule has 1 radical (unpaired) electrons. The van der Waals surface area contributed by atoms with Crippen molar-refractivity contribution in [2.24, 2.45) is 0 Å². The summed E-state index contributed by atoms with van der Waals surface area (Å²) in [7, 11) is 0. The smallest absolute Gasteiger partial charge is 0.409 e. The Bertz CT molecular complexity index is 201. The fraction of sp³-hybridized carbons (Fsp3) is 0.600. The van der Waals surface area contributed by atoms with E-state index >= 15 is 0 Å². The van der Waals surface area contributed by atoms with E-state index in [0.29, 0.717) is 13.0 Å². The molecule has 3 heteroatoms. The number of amides is 1. The van der Waals surface area contributed by atoms with Gasteiger partial charge in [0.05, 0.1) is 0 Å². The van der Waals surface area contributed by atoms with Crippen molar-refractivity contribution in [1.29, 1.82) is 0 Å². The number of likely N-dealkylation sites (tertiary alicyclic amines) is 1. The highest BCUT2D eigenvalue weighted by molar-refractivity contribution is 5.67. The molecule has 0 N–H and O–H groups in total. The lowest BCUT2D eigenvalue weighted by molar-refractivity contribution is 0.101. The van der Waals surface area contributed by atoms with Crippen molar-refractivity contribution in [2.75, 3.05) is 19.7 Å². The Morgan fingerprint density at radius 2 is 2.23 bits per heavy atom. The summed E-state index contributed by atoms with van der Waals surface area (Å²) in [5.74, 6) is 2.42. The van der Waals surface area contributed by atoms with Gasteiger partial charge in [0, 0.05) is 19.5 Å². The van der Waals surface area contributed by atoms with E-state index in [9.17, 15) is 4.79 Å². The molecule has 1 aliphatic heterocycles. The Hall–Kier alpha value is -1.17. The molecule has 0 atom stereocenters. The summed E-state index contributed by atoms with van der Waals surface area (Å²) in [6.07, 6.45) is 9.40. The molecule has 0 unspecified atom stereocenters. The van der Waals surface area contributed by atoms with Gasteiger partial charge >= 0.3 is 6.09 Å². The fourth-order valence-corrected chi connectivity index (χ4v) is 1.22. The molecule has 71 valence electrons. The molecule has 1 rings (SSSR count). The Morgan fingerprint density at radius 1 is 1.54 bits per heavy atom. The summed E-state index contributed by atoms with van der Waals surface area (Å²) in [5.41, 5.74) is 0. The highest BCUT2D eigenvalue weighted by Gasteiger charge is 2.16. The van der Waals surface area contributed by atoms with E-state index in [1.165, 1.54) is 0 Å². The van der Waals surface area contributed by atoms with Crippen LogP contribution in [0.3, 0.4) is 0 Å². The van der Waals surface area contributed by atoms with Crippen LogP contribution in [0.15, 0.2) is 0 Å². The van der Waals surface area contributed by atoms with Crippen LogP contribution in [0, 0.1) is 18.8 Å². The Balaban J connectivity index is 2.18. The first-order valence-electron chi connectivity index (χ1n) is 4.51. The van der Waals surface area contributed by atoms with Crippen LogP contribution in [0.25, 0.3) is 0 Å². The van der Waals surface area contributed by atoms with Crippen LogP contribution in [0.1, 0.15) is 19.3 Å². The van der Waals surface area contributed by atoms with Crippen molar-refractivity contribution >= 4 is 6.09 Å². The minimum Gasteiger partial charge on any atom is -0.448 e. The first kappa shape index (κ1) is 9.91. The first-order valence-corrected chi connectivity index (χ1v) is 4.51. The summed E-state index contributed by atoms with van der Waals surface area (Å²) >= 11 is 0. The third-order valence-corrected chi connectivity index (χ3v) is 1.94. The molecule has 0 aromatic heterocycles. The topological polar surface area (TPSA) is 29.5 Å². The van der Waals surface area contributed by atoms with Gasteiger partial charge < -0.3 is 9.64 Å². The minimum atomic E-state index is -0.233. The number of hydrogen-bond donors (Lipinski definition) is 0. The number of carbonyl (C=O) groups excluding carboxylic acids is 1. The molecular formula is C10H14NO2. The number of rotatable bonds is 2. The monoisotopic (exact) mass is 180 g/mol. The van der Waals surface area contributed by atoms with Crippen molar-refractivity contribution in [3.63, 3.8) is 0 Å². The Labute approximate surface area is 79.1 Å². The van der Waals surface area contributed by atoms with Crippen LogP contribution in [-0.4, -0.2) is 30.7 Å². The number of carbonyl (C=O) groups is 1. The number of hydrogen-bond acceptors (Lipinski definition) is 2. The van der Waals surface area contributed by atoms with Crippen molar-refractivity contribution < 1.29 is 9.53 Å². The summed E-state index contributed by atoms with van der Waals surface area (Å²) in [5, 5.41) is 0. The quantitative estimate of drug-likeness (QED) is 0.475. The molecule has 0 aromatic carbocycles. The predicted octanol–water partition coefficient (Wildman–Crippen LogP) is 1.45. The highest BCUT2D eigenvalue weighted by Crippen LogP contribution is 2.08. The van der Waals surface area contributed by atoms with E-state index in [1.807, 2.05) is 0 Å². The zero-order valence-electron chi connectivity index (χ0n) is 7.66. The molecule has 0 bridgehead atoms. The molecule has 1 amide bonds. The fourth-order valence-electron chi connectivity index (χ4n) is 1.22. The summed E-state index contributed by atoms with van der Waals surface area (Å²) in [4.78, 5) is 13.0. The van der Waals surface area contributed by atoms with Crippen molar-refractivity contribution in [2.45, 2.75) is 19.3 Å². The molecule has 1 saturated heterocycles. The van der Waals surface area contributed by atoms with Gasteiger partial charge in [-0.25, -0.2) is 4.79 Å². The van der Waals surface area contributed by atoms with Crippen molar-refractivity contribution in [3.8, 4) is 12.3 Å². The lowest BCUT2D eigenvalue weighted by Gasteiger charge is -2.25. The molecule has 0 aliphatic carbocycles. The molecular weight excluding hydrogens is 166 g/mol. The van der Waals surface area contributed by atoms with Gasteiger partial charge in [-0.1, -0.05) is 0 Å². The average Bonchev–Trinajstić information content (AvgIpc) is 2.19. The van der Waals surface area contributed by atoms with Crippen molar-refractivity contribution in [1.82, 2.24) is 4.90 Å². The summed E-state index contributed by atoms with van der Waals surface area (Å²) in [6.45, 7) is 1.87. The molecule has 13 heavy (non-hydrogen) atoms. The number of terminal acetylenes is 1.